The Bertz CT molecular complexity index is 296. The molecule has 0 spiro atoms. The summed E-state index contributed by atoms with van der Waals surface area (Å²) in [5.74, 6) is 0.866. The molecule has 0 saturated heterocycles. The summed E-state index contributed by atoms with van der Waals surface area (Å²) < 4.78 is 0. The van der Waals surface area contributed by atoms with Gasteiger partial charge in [0.2, 0.25) is 0 Å². The third-order valence-electron chi connectivity index (χ3n) is 1.97. The Balaban J connectivity index is 2.53. The van der Waals surface area contributed by atoms with Crippen LogP contribution in [0.1, 0.15) is 24.7 Å². The van der Waals surface area contributed by atoms with Gasteiger partial charge in [-0.25, -0.2) is 4.98 Å². The van der Waals surface area contributed by atoms with Gasteiger partial charge in [-0.2, -0.15) is 0 Å². The van der Waals surface area contributed by atoms with Crippen molar-refractivity contribution < 1.29 is 0 Å². The summed E-state index contributed by atoms with van der Waals surface area (Å²) in [6.45, 7) is 6.72. The molecule has 14 heavy (non-hydrogen) atoms. The molecular weight excluding hydrogens is 176 g/mol. The minimum atomic E-state index is 0.223. The molecule has 1 heterocycles. The topological polar surface area (TPSA) is 63.8 Å². The minimum Gasteiger partial charge on any atom is -0.369 e. The van der Waals surface area contributed by atoms with E-state index in [9.17, 15) is 0 Å². The van der Waals surface area contributed by atoms with Crippen molar-refractivity contribution in [1.82, 2.24) is 9.97 Å². The first-order valence-electron chi connectivity index (χ1n) is 4.89. The first-order chi connectivity index (χ1) is 6.59. The lowest BCUT2D eigenvalue weighted by atomic mass is 10.2. The molecule has 1 aromatic rings. The first kappa shape index (κ1) is 10.9. The van der Waals surface area contributed by atoms with Crippen molar-refractivity contribution in [2.45, 2.75) is 33.2 Å². The standard InChI is InChI=1S/C10H18N4/c1-7(11)4-5-12-10-9(3)13-6-8(2)14-10/h6-7H,4-5,11H2,1-3H3,(H,12,14). The summed E-state index contributed by atoms with van der Waals surface area (Å²) in [6, 6.07) is 0.223. The lowest BCUT2D eigenvalue weighted by Gasteiger charge is -2.09. The van der Waals surface area contributed by atoms with Crippen molar-refractivity contribution in [2.24, 2.45) is 5.73 Å². The Morgan fingerprint density at radius 2 is 2.21 bits per heavy atom. The van der Waals surface area contributed by atoms with Crippen LogP contribution >= 0.6 is 0 Å². The Kier molecular flexibility index (Phi) is 3.83. The molecule has 78 valence electrons. The van der Waals surface area contributed by atoms with Gasteiger partial charge < -0.3 is 11.1 Å². The number of rotatable bonds is 4. The van der Waals surface area contributed by atoms with Crippen molar-refractivity contribution in [3.8, 4) is 0 Å². The van der Waals surface area contributed by atoms with Gasteiger partial charge in [0.25, 0.3) is 0 Å². The number of nitrogens with one attached hydrogen (secondary N) is 1. The van der Waals surface area contributed by atoms with E-state index in [2.05, 4.69) is 15.3 Å². The van der Waals surface area contributed by atoms with Crippen LogP contribution in [0.25, 0.3) is 0 Å². The van der Waals surface area contributed by atoms with E-state index in [0.29, 0.717) is 0 Å². The summed E-state index contributed by atoms with van der Waals surface area (Å²) in [5, 5.41) is 3.23. The van der Waals surface area contributed by atoms with E-state index in [1.165, 1.54) is 0 Å². The van der Waals surface area contributed by atoms with Crippen LogP contribution in [0.2, 0.25) is 0 Å². The van der Waals surface area contributed by atoms with Gasteiger partial charge in [-0.15, -0.1) is 0 Å². The van der Waals surface area contributed by atoms with Gasteiger partial charge in [-0.3, -0.25) is 4.98 Å². The normalized spacial score (nSPS) is 12.6. The Morgan fingerprint density at radius 3 is 2.86 bits per heavy atom. The van der Waals surface area contributed by atoms with Crippen LogP contribution in [0, 0.1) is 13.8 Å². The van der Waals surface area contributed by atoms with Crippen LogP contribution in [0.3, 0.4) is 0 Å². The second-order valence-electron chi connectivity index (χ2n) is 3.64. The summed E-state index contributed by atoms with van der Waals surface area (Å²) >= 11 is 0. The molecule has 4 heteroatoms. The third kappa shape index (κ3) is 3.30. The van der Waals surface area contributed by atoms with Gasteiger partial charge in [0.05, 0.1) is 11.4 Å². The number of hydrogen-bond donors (Lipinski definition) is 2. The Hall–Kier alpha value is -1.16. The second-order valence-corrected chi connectivity index (χ2v) is 3.64. The van der Waals surface area contributed by atoms with E-state index in [4.69, 9.17) is 5.73 Å². The van der Waals surface area contributed by atoms with Crippen LogP contribution in [-0.2, 0) is 0 Å². The molecule has 0 amide bonds. The van der Waals surface area contributed by atoms with Gasteiger partial charge in [0.15, 0.2) is 0 Å². The zero-order valence-electron chi connectivity index (χ0n) is 9.04. The fraction of sp³-hybridized carbons (Fsp3) is 0.600. The molecule has 0 aliphatic carbocycles. The predicted octanol–water partition coefficient (Wildman–Crippen LogP) is 1.24. The maximum atomic E-state index is 5.65. The number of aromatic nitrogens is 2. The smallest absolute Gasteiger partial charge is 0.147 e. The number of aryl methyl sites for hydroxylation is 2. The summed E-state index contributed by atoms with van der Waals surface area (Å²) in [7, 11) is 0. The minimum absolute atomic E-state index is 0.223. The highest BCUT2D eigenvalue weighted by Gasteiger charge is 2.01. The molecule has 0 radical (unpaired) electrons. The van der Waals surface area contributed by atoms with Crippen LogP contribution in [0.4, 0.5) is 5.82 Å². The monoisotopic (exact) mass is 194 g/mol. The van der Waals surface area contributed by atoms with Gasteiger partial charge >= 0.3 is 0 Å². The molecule has 1 unspecified atom stereocenters. The molecule has 0 bridgehead atoms. The number of nitrogens with zero attached hydrogens (tertiary/aromatic N) is 2. The molecule has 0 fully saturated rings. The van der Waals surface area contributed by atoms with Crippen molar-refractivity contribution in [3.63, 3.8) is 0 Å². The van der Waals surface area contributed by atoms with Crippen molar-refractivity contribution >= 4 is 5.82 Å². The lowest BCUT2D eigenvalue weighted by Crippen LogP contribution is -2.19. The molecule has 0 saturated carbocycles. The molecule has 0 aromatic carbocycles. The van der Waals surface area contributed by atoms with Gasteiger partial charge in [-0.1, -0.05) is 0 Å². The maximum absolute atomic E-state index is 5.65. The van der Waals surface area contributed by atoms with Crippen molar-refractivity contribution in [3.05, 3.63) is 17.6 Å². The summed E-state index contributed by atoms with van der Waals surface area (Å²) in [6.07, 6.45) is 2.71. The molecule has 1 rings (SSSR count). The van der Waals surface area contributed by atoms with Crippen molar-refractivity contribution in [1.29, 1.82) is 0 Å². The molecule has 0 aliphatic heterocycles. The predicted molar refractivity (Wildman–Crippen MR) is 58.3 cm³/mol. The van der Waals surface area contributed by atoms with E-state index >= 15 is 0 Å². The van der Waals surface area contributed by atoms with E-state index in [0.717, 1.165) is 30.2 Å². The molecule has 4 nitrogen and oxygen atoms in total. The average molecular weight is 194 g/mol. The molecule has 3 N–H and O–H groups in total. The van der Waals surface area contributed by atoms with Crippen LogP contribution in [0.5, 0.6) is 0 Å². The molecule has 0 aliphatic rings. The largest absolute Gasteiger partial charge is 0.369 e. The number of hydrogen-bond acceptors (Lipinski definition) is 4. The fourth-order valence-corrected chi connectivity index (χ4v) is 1.12. The van der Waals surface area contributed by atoms with E-state index in [1.54, 1.807) is 6.20 Å². The third-order valence-corrected chi connectivity index (χ3v) is 1.97. The van der Waals surface area contributed by atoms with Crippen LogP contribution in [0.15, 0.2) is 6.20 Å². The zero-order valence-corrected chi connectivity index (χ0v) is 9.04. The second kappa shape index (κ2) is 4.91. The SMILES string of the molecule is Cc1cnc(C)c(NCCC(C)N)n1. The quantitative estimate of drug-likeness (QED) is 0.757. The molecule has 1 atom stereocenters. The van der Waals surface area contributed by atoms with E-state index in [1.807, 2.05) is 20.8 Å². The number of anilines is 1. The summed E-state index contributed by atoms with van der Waals surface area (Å²) in [5.41, 5.74) is 7.51. The van der Waals surface area contributed by atoms with E-state index < -0.39 is 0 Å². The maximum Gasteiger partial charge on any atom is 0.147 e. The number of nitrogens with two attached hydrogens (primary N) is 1. The van der Waals surface area contributed by atoms with Crippen LogP contribution < -0.4 is 11.1 Å². The van der Waals surface area contributed by atoms with Crippen LogP contribution in [-0.4, -0.2) is 22.6 Å². The molecular formula is C10H18N4. The highest BCUT2D eigenvalue weighted by molar-refractivity contribution is 5.39. The fourth-order valence-electron chi connectivity index (χ4n) is 1.12. The molecule has 1 aromatic heterocycles. The zero-order chi connectivity index (χ0) is 10.6. The van der Waals surface area contributed by atoms with Gasteiger partial charge in [0, 0.05) is 18.8 Å². The summed E-state index contributed by atoms with van der Waals surface area (Å²) in [4.78, 5) is 8.58. The lowest BCUT2D eigenvalue weighted by molar-refractivity contribution is 0.688. The Morgan fingerprint density at radius 1 is 1.50 bits per heavy atom. The first-order valence-corrected chi connectivity index (χ1v) is 4.89. The van der Waals surface area contributed by atoms with Gasteiger partial charge in [-0.05, 0) is 27.2 Å². The Labute approximate surface area is 85.0 Å². The highest BCUT2D eigenvalue weighted by atomic mass is 15.0. The average Bonchev–Trinajstić information content (AvgIpc) is 2.10. The van der Waals surface area contributed by atoms with E-state index in [-0.39, 0.29) is 6.04 Å². The van der Waals surface area contributed by atoms with Crippen molar-refractivity contribution in [2.75, 3.05) is 11.9 Å². The van der Waals surface area contributed by atoms with Gasteiger partial charge in [0.1, 0.15) is 5.82 Å². The highest BCUT2D eigenvalue weighted by Crippen LogP contribution is 2.08.